The predicted molar refractivity (Wildman–Crippen MR) is 92.0 cm³/mol. The van der Waals surface area contributed by atoms with Gasteiger partial charge in [0, 0.05) is 18.3 Å². The van der Waals surface area contributed by atoms with Crippen LogP contribution in [0, 0.1) is 0 Å². The largest absolute Gasteiger partial charge is 0.495 e. The molecule has 0 spiro atoms. The fourth-order valence-corrected chi connectivity index (χ4v) is 2.73. The normalized spacial score (nSPS) is 10.6. The molecule has 0 aliphatic carbocycles. The number of methoxy groups -OCH3 is 1. The lowest BCUT2D eigenvalue weighted by atomic mass is 10.1. The summed E-state index contributed by atoms with van der Waals surface area (Å²) >= 11 is 3.46. The average Bonchev–Trinajstić information content (AvgIpc) is 2.54. The number of hydrogen-bond donors (Lipinski definition) is 1. The van der Waals surface area contributed by atoms with Gasteiger partial charge >= 0.3 is 0 Å². The summed E-state index contributed by atoms with van der Waals surface area (Å²) < 4.78 is 6.27. The van der Waals surface area contributed by atoms with E-state index in [1.165, 1.54) is 16.3 Å². The monoisotopic (exact) mass is 341 g/mol. The van der Waals surface area contributed by atoms with Crippen molar-refractivity contribution in [2.45, 2.75) is 6.54 Å². The molecule has 0 amide bonds. The Kier molecular flexibility index (Phi) is 4.11. The van der Waals surface area contributed by atoms with Crippen LogP contribution in [0.4, 0.5) is 5.69 Å². The highest BCUT2D eigenvalue weighted by Crippen LogP contribution is 2.28. The first kappa shape index (κ1) is 14.0. The molecule has 3 aromatic rings. The molecule has 0 radical (unpaired) electrons. The Morgan fingerprint density at radius 1 is 0.952 bits per heavy atom. The highest BCUT2D eigenvalue weighted by molar-refractivity contribution is 9.10. The van der Waals surface area contributed by atoms with Crippen LogP contribution < -0.4 is 10.1 Å². The highest BCUT2D eigenvalue weighted by Gasteiger charge is 2.02. The van der Waals surface area contributed by atoms with Crippen molar-refractivity contribution in [2.24, 2.45) is 0 Å². The number of ether oxygens (including phenoxy) is 1. The summed E-state index contributed by atoms with van der Waals surface area (Å²) in [6.07, 6.45) is 0. The number of rotatable bonds is 4. The Morgan fingerprint density at radius 2 is 1.76 bits per heavy atom. The van der Waals surface area contributed by atoms with Crippen LogP contribution in [-0.4, -0.2) is 7.11 Å². The van der Waals surface area contributed by atoms with Gasteiger partial charge in [-0.2, -0.15) is 0 Å². The third kappa shape index (κ3) is 3.19. The van der Waals surface area contributed by atoms with Gasteiger partial charge in [0.2, 0.25) is 0 Å². The fraction of sp³-hybridized carbons (Fsp3) is 0.111. The van der Waals surface area contributed by atoms with Crippen molar-refractivity contribution in [3.8, 4) is 5.75 Å². The molecule has 0 saturated carbocycles. The third-order valence-electron chi connectivity index (χ3n) is 3.46. The van der Waals surface area contributed by atoms with Crippen LogP contribution in [0.15, 0.2) is 65.1 Å². The van der Waals surface area contributed by atoms with Crippen molar-refractivity contribution in [1.29, 1.82) is 0 Å². The molecule has 3 rings (SSSR count). The van der Waals surface area contributed by atoms with E-state index in [2.05, 4.69) is 63.7 Å². The Labute approximate surface area is 132 Å². The van der Waals surface area contributed by atoms with Crippen LogP contribution in [-0.2, 0) is 6.54 Å². The molecule has 0 aromatic heterocycles. The molecular weight excluding hydrogens is 326 g/mol. The molecule has 1 N–H and O–H groups in total. The van der Waals surface area contributed by atoms with Gasteiger partial charge in [-0.15, -0.1) is 0 Å². The van der Waals surface area contributed by atoms with Gasteiger partial charge in [-0.25, -0.2) is 0 Å². The first-order valence-electron chi connectivity index (χ1n) is 6.81. The van der Waals surface area contributed by atoms with Crippen LogP contribution in [0.2, 0.25) is 0 Å². The van der Waals surface area contributed by atoms with Gasteiger partial charge in [0.25, 0.3) is 0 Å². The lowest BCUT2D eigenvalue weighted by Crippen LogP contribution is -1.99. The van der Waals surface area contributed by atoms with Crippen LogP contribution in [0.5, 0.6) is 5.75 Å². The van der Waals surface area contributed by atoms with Crippen molar-refractivity contribution >= 4 is 32.4 Å². The number of nitrogens with one attached hydrogen (secondary N) is 1. The van der Waals surface area contributed by atoms with Crippen molar-refractivity contribution < 1.29 is 4.74 Å². The predicted octanol–water partition coefficient (Wildman–Crippen LogP) is 5.22. The Morgan fingerprint density at radius 3 is 2.57 bits per heavy atom. The molecule has 0 atom stereocenters. The SMILES string of the molecule is COc1cc(NCc2ccc3ccccc3c2)ccc1Br. The van der Waals surface area contributed by atoms with Gasteiger partial charge in [-0.05, 0) is 50.5 Å². The lowest BCUT2D eigenvalue weighted by molar-refractivity contribution is 0.412. The minimum atomic E-state index is 0.787. The third-order valence-corrected chi connectivity index (χ3v) is 4.12. The second kappa shape index (κ2) is 6.19. The molecule has 21 heavy (non-hydrogen) atoms. The van der Waals surface area contributed by atoms with Crippen LogP contribution in [0.1, 0.15) is 5.56 Å². The number of benzene rings is 3. The maximum absolute atomic E-state index is 5.31. The average molecular weight is 342 g/mol. The van der Waals surface area contributed by atoms with E-state index in [4.69, 9.17) is 4.74 Å². The Hall–Kier alpha value is -2.00. The fourth-order valence-electron chi connectivity index (χ4n) is 2.32. The maximum atomic E-state index is 5.31. The Bertz CT molecular complexity index is 770. The first-order valence-corrected chi connectivity index (χ1v) is 7.60. The molecular formula is C18H16BrNO. The van der Waals surface area contributed by atoms with E-state index in [-0.39, 0.29) is 0 Å². The molecule has 2 nitrogen and oxygen atoms in total. The summed E-state index contributed by atoms with van der Waals surface area (Å²) in [7, 11) is 1.67. The molecule has 0 aliphatic rings. The summed E-state index contributed by atoms with van der Waals surface area (Å²) in [6.45, 7) is 0.787. The molecule has 0 saturated heterocycles. The standard InChI is InChI=1S/C18H16BrNO/c1-21-18-11-16(8-9-17(18)19)20-12-13-6-7-14-4-2-3-5-15(14)10-13/h2-11,20H,12H2,1H3. The highest BCUT2D eigenvalue weighted by atomic mass is 79.9. The zero-order valence-electron chi connectivity index (χ0n) is 11.8. The van der Waals surface area contributed by atoms with E-state index in [0.717, 1.165) is 22.5 Å². The molecule has 106 valence electrons. The van der Waals surface area contributed by atoms with Gasteiger partial charge in [-0.1, -0.05) is 36.4 Å². The van der Waals surface area contributed by atoms with Crippen molar-refractivity contribution in [2.75, 3.05) is 12.4 Å². The van der Waals surface area contributed by atoms with Gasteiger partial charge in [0.1, 0.15) is 5.75 Å². The Balaban J connectivity index is 1.76. The van der Waals surface area contributed by atoms with Crippen molar-refractivity contribution in [3.05, 3.63) is 70.7 Å². The number of halogens is 1. The maximum Gasteiger partial charge on any atom is 0.135 e. The summed E-state index contributed by atoms with van der Waals surface area (Å²) in [5.41, 5.74) is 2.30. The zero-order valence-corrected chi connectivity index (χ0v) is 13.4. The van der Waals surface area contributed by atoms with Gasteiger partial charge < -0.3 is 10.1 Å². The van der Waals surface area contributed by atoms with Crippen molar-refractivity contribution in [3.63, 3.8) is 0 Å². The molecule has 3 heteroatoms. The number of anilines is 1. The summed E-state index contributed by atoms with van der Waals surface area (Å²) in [4.78, 5) is 0. The van der Waals surface area contributed by atoms with Crippen LogP contribution >= 0.6 is 15.9 Å². The summed E-state index contributed by atoms with van der Waals surface area (Å²) in [6, 6.07) is 21.0. The quantitative estimate of drug-likeness (QED) is 0.702. The minimum absolute atomic E-state index is 0.787. The molecule has 0 bridgehead atoms. The minimum Gasteiger partial charge on any atom is -0.495 e. The van der Waals surface area contributed by atoms with E-state index in [0.29, 0.717) is 0 Å². The smallest absolute Gasteiger partial charge is 0.135 e. The molecule has 0 fully saturated rings. The number of hydrogen-bond acceptors (Lipinski definition) is 2. The van der Waals surface area contributed by atoms with E-state index < -0.39 is 0 Å². The van der Waals surface area contributed by atoms with Crippen LogP contribution in [0.3, 0.4) is 0 Å². The van der Waals surface area contributed by atoms with E-state index >= 15 is 0 Å². The van der Waals surface area contributed by atoms with E-state index in [1.54, 1.807) is 7.11 Å². The second-order valence-electron chi connectivity index (χ2n) is 4.88. The topological polar surface area (TPSA) is 21.3 Å². The lowest BCUT2D eigenvalue weighted by Gasteiger charge is -2.10. The van der Waals surface area contributed by atoms with Gasteiger partial charge in [0.15, 0.2) is 0 Å². The van der Waals surface area contributed by atoms with Gasteiger partial charge in [-0.3, -0.25) is 0 Å². The molecule has 0 unspecified atom stereocenters. The summed E-state index contributed by atoms with van der Waals surface area (Å²) in [5, 5.41) is 5.97. The molecule has 0 heterocycles. The second-order valence-corrected chi connectivity index (χ2v) is 5.74. The summed E-state index contributed by atoms with van der Waals surface area (Å²) in [5.74, 6) is 0.832. The van der Waals surface area contributed by atoms with E-state index in [1.807, 2.05) is 18.2 Å². The first-order chi connectivity index (χ1) is 10.3. The zero-order chi connectivity index (χ0) is 14.7. The van der Waals surface area contributed by atoms with Crippen LogP contribution in [0.25, 0.3) is 10.8 Å². The van der Waals surface area contributed by atoms with Gasteiger partial charge in [0.05, 0.1) is 11.6 Å². The number of fused-ring (bicyclic) bond motifs is 1. The van der Waals surface area contributed by atoms with Crippen molar-refractivity contribution in [1.82, 2.24) is 0 Å². The molecule has 0 aliphatic heterocycles. The van der Waals surface area contributed by atoms with E-state index in [9.17, 15) is 0 Å². The molecule has 3 aromatic carbocycles.